The minimum Gasteiger partial charge on any atom is -0.397 e. The van der Waals surface area contributed by atoms with Gasteiger partial charge in [-0.1, -0.05) is 6.07 Å². The molecule has 90 valence electrons. The normalized spacial score (nSPS) is 10.9. The topological polar surface area (TPSA) is 82.5 Å². The summed E-state index contributed by atoms with van der Waals surface area (Å²) in [5.74, 6) is 0. The van der Waals surface area contributed by atoms with E-state index in [0.29, 0.717) is 5.69 Å². The van der Waals surface area contributed by atoms with Crippen molar-refractivity contribution in [1.29, 1.82) is 0 Å². The van der Waals surface area contributed by atoms with Crippen LogP contribution in [0, 0.1) is 0 Å². The summed E-state index contributed by atoms with van der Waals surface area (Å²) < 4.78 is 1.63. The van der Waals surface area contributed by atoms with E-state index in [-0.39, 0.29) is 0 Å². The van der Waals surface area contributed by atoms with Crippen LogP contribution in [0.2, 0.25) is 0 Å². The second-order valence-electron chi connectivity index (χ2n) is 3.74. The minimum atomic E-state index is 0.672. The number of nitrogens with zero attached hydrogens (tertiary/aromatic N) is 5. The zero-order chi connectivity index (χ0) is 12.5. The highest BCUT2D eigenvalue weighted by Crippen LogP contribution is 2.33. The van der Waals surface area contributed by atoms with Gasteiger partial charge in [0.15, 0.2) is 0 Å². The quantitative estimate of drug-likeness (QED) is 0.701. The Balaban J connectivity index is 2.13. The van der Waals surface area contributed by atoms with Gasteiger partial charge in [-0.3, -0.25) is 4.98 Å². The zero-order valence-corrected chi connectivity index (χ0v) is 10.4. The summed E-state index contributed by atoms with van der Waals surface area (Å²) in [7, 11) is 1.81. The number of nitrogen functional groups attached to an aromatic ring is 1. The third-order valence-electron chi connectivity index (χ3n) is 2.54. The molecular weight excluding hydrogens is 248 g/mol. The minimum absolute atomic E-state index is 0.672. The van der Waals surface area contributed by atoms with Crippen molar-refractivity contribution in [3.05, 3.63) is 30.5 Å². The van der Waals surface area contributed by atoms with Gasteiger partial charge in [-0.05, 0) is 40.4 Å². The number of aryl methyl sites for hydroxylation is 1. The fourth-order valence-electron chi connectivity index (χ4n) is 1.66. The van der Waals surface area contributed by atoms with Crippen molar-refractivity contribution >= 4 is 28.4 Å². The van der Waals surface area contributed by atoms with Crippen LogP contribution >= 0.6 is 11.8 Å². The second-order valence-corrected chi connectivity index (χ2v) is 4.75. The molecule has 0 amide bonds. The molecule has 18 heavy (non-hydrogen) atoms. The Morgan fingerprint density at radius 1 is 1.28 bits per heavy atom. The molecule has 0 atom stereocenters. The zero-order valence-electron chi connectivity index (χ0n) is 9.61. The van der Waals surface area contributed by atoms with Crippen molar-refractivity contribution in [2.75, 3.05) is 5.73 Å². The molecule has 0 fully saturated rings. The first-order chi connectivity index (χ1) is 8.75. The van der Waals surface area contributed by atoms with E-state index in [1.54, 1.807) is 17.9 Å². The molecule has 0 saturated heterocycles. The first-order valence-corrected chi connectivity index (χ1v) is 6.11. The number of hydrogen-bond acceptors (Lipinski definition) is 6. The maximum absolute atomic E-state index is 5.91. The molecule has 3 rings (SSSR count). The highest BCUT2D eigenvalue weighted by Gasteiger charge is 2.09. The molecule has 0 saturated carbocycles. The van der Waals surface area contributed by atoms with Crippen LogP contribution in [-0.2, 0) is 7.05 Å². The van der Waals surface area contributed by atoms with Crippen LogP contribution in [0.1, 0.15) is 0 Å². The highest BCUT2D eigenvalue weighted by atomic mass is 32.2. The van der Waals surface area contributed by atoms with Gasteiger partial charge in [0.1, 0.15) is 0 Å². The van der Waals surface area contributed by atoms with Gasteiger partial charge in [-0.25, -0.2) is 4.68 Å². The van der Waals surface area contributed by atoms with E-state index in [0.717, 1.165) is 21.0 Å². The molecule has 0 radical (unpaired) electrons. The van der Waals surface area contributed by atoms with Crippen LogP contribution in [0.5, 0.6) is 0 Å². The number of pyridine rings is 1. The first kappa shape index (κ1) is 11.0. The molecule has 2 heterocycles. The Labute approximate surface area is 107 Å². The standard InChI is InChI=1S/C11H10N6S/c1-17-11(14-15-16-17)18-9-5-4-8(12)10-7(9)3-2-6-13-10/h2-6H,12H2,1H3. The predicted molar refractivity (Wildman–Crippen MR) is 69.1 cm³/mol. The Kier molecular flexibility index (Phi) is 2.60. The van der Waals surface area contributed by atoms with Crippen molar-refractivity contribution in [1.82, 2.24) is 25.2 Å². The van der Waals surface area contributed by atoms with E-state index in [1.807, 2.05) is 24.3 Å². The van der Waals surface area contributed by atoms with Crippen molar-refractivity contribution < 1.29 is 0 Å². The third kappa shape index (κ3) is 1.78. The Hall–Kier alpha value is -2.15. The van der Waals surface area contributed by atoms with Gasteiger partial charge in [0.2, 0.25) is 5.16 Å². The molecule has 7 heteroatoms. The molecule has 1 aromatic carbocycles. The van der Waals surface area contributed by atoms with Crippen LogP contribution in [0.25, 0.3) is 10.9 Å². The first-order valence-electron chi connectivity index (χ1n) is 5.29. The third-order valence-corrected chi connectivity index (χ3v) is 3.65. The largest absolute Gasteiger partial charge is 0.397 e. The molecule has 0 aliphatic rings. The summed E-state index contributed by atoms with van der Waals surface area (Å²) in [6.07, 6.45) is 1.73. The lowest BCUT2D eigenvalue weighted by atomic mass is 10.2. The Bertz CT molecular complexity index is 708. The van der Waals surface area contributed by atoms with Gasteiger partial charge in [0.05, 0.1) is 11.2 Å². The van der Waals surface area contributed by atoms with Crippen molar-refractivity contribution in [3.8, 4) is 0 Å². The van der Waals surface area contributed by atoms with Crippen molar-refractivity contribution in [3.63, 3.8) is 0 Å². The molecule has 0 spiro atoms. The van der Waals surface area contributed by atoms with E-state index in [4.69, 9.17) is 5.73 Å². The number of benzene rings is 1. The molecule has 0 unspecified atom stereocenters. The summed E-state index contributed by atoms with van der Waals surface area (Å²) in [4.78, 5) is 5.33. The average Bonchev–Trinajstić information content (AvgIpc) is 2.79. The van der Waals surface area contributed by atoms with Crippen molar-refractivity contribution in [2.45, 2.75) is 10.1 Å². The van der Waals surface area contributed by atoms with Gasteiger partial charge < -0.3 is 5.73 Å². The average molecular weight is 258 g/mol. The smallest absolute Gasteiger partial charge is 0.213 e. The van der Waals surface area contributed by atoms with Crippen LogP contribution in [-0.4, -0.2) is 25.2 Å². The van der Waals surface area contributed by atoms with Gasteiger partial charge >= 0.3 is 0 Å². The van der Waals surface area contributed by atoms with E-state index < -0.39 is 0 Å². The van der Waals surface area contributed by atoms with E-state index >= 15 is 0 Å². The second kappa shape index (κ2) is 4.26. The van der Waals surface area contributed by atoms with Gasteiger partial charge in [0.25, 0.3) is 0 Å². The lowest BCUT2D eigenvalue weighted by molar-refractivity contribution is 0.664. The fourth-order valence-corrected chi connectivity index (χ4v) is 2.52. The molecule has 3 aromatic rings. The lowest BCUT2D eigenvalue weighted by Crippen LogP contribution is -1.94. The maximum atomic E-state index is 5.91. The molecule has 2 N–H and O–H groups in total. The summed E-state index contributed by atoms with van der Waals surface area (Å²) in [5.41, 5.74) is 7.39. The molecule has 6 nitrogen and oxygen atoms in total. The summed E-state index contributed by atoms with van der Waals surface area (Å²) in [6, 6.07) is 7.69. The van der Waals surface area contributed by atoms with Gasteiger partial charge in [-0.15, -0.1) is 5.10 Å². The summed E-state index contributed by atoms with van der Waals surface area (Å²) in [6.45, 7) is 0. The number of anilines is 1. The van der Waals surface area contributed by atoms with Gasteiger partial charge in [-0.2, -0.15) is 0 Å². The van der Waals surface area contributed by atoms with Crippen molar-refractivity contribution in [2.24, 2.45) is 7.05 Å². The monoisotopic (exact) mass is 258 g/mol. The van der Waals surface area contributed by atoms with Crippen LogP contribution in [0.3, 0.4) is 0 Å². The lowest BCUT2D eigenvalue weighted by Gasteiger charge is -2.06. The van der Waals surface area contributed by atoms with Crippen LogP contribution < -0.4 is 5.73 Å². The number of rotatable bonds is 2. The SMILES string of the molecule is Cn1nnnc1Sc1ccc(N)c2ncccc12. The van der Waals surface area contributed by atoms with E-state index in [2.05, 4.69) is 20.5 Å². The number of fused-ring (bicyclic) bond motifs is 1. The number of tetrazole rings is 1. The summed E-state index contributed by atoms with van der Waals surface area (Å²) in [5, 5.41) is 13.1. The van der Waals surface area contributed by atoms with Crippen LogP contribution in [0.4, 0.5) is 5.69 Å². The predicted octanol–water partition coefficient (Wildman–Crippen LogP) is 1.49. The maximum Gasteiger partial charge on any atom is 0.213 e. The number of nitrogens with two attached hydrogens (primary N) is 1. The number of aromatic nitrogens is 5. The van der Waals surface area contributed by atoms with Crippen LogP contribution in [0.15, 0.2) is 40.5 Å². The molecule has 0 aliphatic heterocycles. The van der Waals surface area contributed by atoms with E-state index in [9.17, 15) is 0 Å². The van der Waals surface area contributed by atoms with Gasteiger partial charge in [0, 0.05) is 23.5 Å². The Morgan fingerprint density at radius 2 is 2.17 bits per heavy atom. The fraction of sp³-hybridized carbons (Fsp3) is 0.0909. The molecule has 2 aromatic heterocycles. The molecule has 0 bridgehead atoms. The highest BCUT2D eigenvalue weighted by molar-refractivity contribution is 7.99. The molecular formula is C11H10N6S. The number of hydrogen-bond donors (Lipinski definition) is 1. The van der Waals surface area contributed by atoms with E-state index in [1.165, 1.54) is 11.8 Å². The summed E-state index contributed by atoms with van der Waals surface area (Å²) >= 11 is 1.49. The molecule has 0 aliphatic carbocycles. The Morgan fingerprint density at radius 3 is 2.94 bits per heavy atom.